The van der Waals surface area contributed by atoms with Crippen LogP contribution in [-0.4, -0.2) is 58.8 Å². The van der Waals surface area contributed by atoms with Crippen LogP contribution in [0.2, 0.25) is 0 Å². The molecule has 1 saturated heterocycles. The summed E-state index contributed by atoms with van der Waals surface area (Å²) in [6.45, 7) is 6.59. The van der Waals surface area contributed by atoms with Crippen LogP contribution in [0.15, 0.2) is 5.10 Å². The lowest BCUT2D eigenvalue weighted by Gasteiger charge is -2.33. The molecule has 2 aliphatic heterocycles. The van der Waals surface area contributed by atoms with Gasteiger partial charge in [0.05, 0.1) is 12.3 Å². The van der Waals surface area contributed by atoms with E-state index in [1.165, 1.54) is 0 Å². The van der Waals surface area contributed by atoms with E-state index in [1.807, 2.05) is 20.8 Å². The van der Waals surface area contributed by atoms with Crippen LogP contribution in [-0.2, 0) is 4.74 Å². The molecule has 0 spiro atoms. The number of hydrazone groups is 1. The molecule has 18 heavy (non-hydrogen) atoms. The van der Waals surface area contributed by atoms with Gasteiger partial charge in [0.15, 0.2) is 0 Å². The molecule has 0 aromatic carbocycles. The quantitative estimate of drug-likeness (QED) is 0.697. The SMILES string of the molecule is CN1N=C2CN(C(=O)OC(C)(C)C)CCC2C1O. The summed E-state index contributed by atoms with van der Waals surface area (Å²) in [6, 6.07) is 0. The van der Waals surface area contributed by atoms with Crippen LogP contribution in [0.25, 0.3) is 0 Å². The van der Waals surface area contributed by atoms with Crippen molar-refractivity contribution in [2.24, 2.45) is 11.0 Å². The monoisotopic (exact) mass is 255 g/mol. The van der Waals surface area contributed by atoms with Crippen molar-refractivity contribution >= 4 is 11.8 Å². The third-order valence-corrected chi connectivity index (χ3v) is 3.17. The predicted octanol–water partition coefficient (Wildman–Crippen LogP) is 0.863. The maximum Gasteiger partial charge on any atom is 0.410 e. The Balaban J connectivity index is 1.99. The van der Waals surface area contributed by atoms with Gasteiger partial charge in [0.2, 0.25) is 0 Å². The minimum atomic E-state index is -0.555. The number of hydrogen-bond acceptors (Lipinski definition) is 5. The van der Waals surface area contributed by atoms with Crippen LogP contribution >= 0.6 is 0 Å². The van der Waals surface area contributed by atoms with Gasteiger partial charge in [0.25, 0.3) is 0 Å². The number of amides is 1. The number of ether oxygens (including phenoxy) is 1. The average Bonchev–Trinajstić information content (AvgIpc) is 2.52. The first kappa shape index (κ1) is 13.1. The van der Waals surface area contributed by atoms with E-state index in [0.29, 0.717) is 13.1 Å². The van der Waals surface area contributed by atoms with Gasteiger partial charge >= 0.3 is 6.09 Å². The van der Waals surface area contributed by atoms with Crippen molar-refractivity contribution in [2.75, 3.05) is 20.1 Å². The van der Waals surface area contributed by atoms with Gasteiger partial charge < -0.3 is 14.7 Å². The largest absolute Gasteiger partial charge is 0.444 e. The molecule has 102 valence electrons. The number of carbonyl (C=O) groups excluding carboxylic acids is 1. The number of likely N-dealkylation sites (tertiary alicyclic amines) is 1. The number of carbonyl (C=O) groups is 1. The first-order valence-corrected chi connectivity index (χ1v) is 6.24. The first-order chi connectivity index (χ1) is 8.28. The highest BCUT2D eigenvalue weighted by molar-refractivity contribution is 5.93. The molecule has 0 aliphatic carbocycles. The van der Waals surface area contributed by atoms with Gasteiger partial charge in [-0.3, -0.25) is 5.01 Å². The van der Waals surface area contributed by atoms with Crippen LogP contribution in [0.5, 0.6) is 0 Å². The molecular weight excluding hydrogens is 234 g/mol. The third kappa shape index (κ3) is 2.58. The summed E-state index contributed by atoms with van der Waals surface area (Å²) in [4.78, 5) is 13.6. The fraction of sp³-hybridized carbons (Fsp3) is 0.833. The molecule has 2 rings (SSSR count). The fourth-order valence-corrected chi connectivity index (χ4v) is 2.28. The highest BCUT2D eigenvalue weighted by Crippen LogP contribution is 2.27. The lowest BCUT2D eigenvalue weighted by Crippen LogP contribution is -2.47. The molecule has 0 saturated carbocycles. The molecule has 0 aromatic rings. The minimum Gasteiger partial charge on any atom is -0.444 e. The Labute approximate surface area is 107 Å². The summed E-state index contributed by atoms with van der Waals surface area (Å²) in [5.41, 5.74) is 0.379. The van der Waals surface area contributed by atoms with E-state index in [9.17, 15) is 9.90 Å². The predicted molar refractivity (Wildman–Crippen MR) is 67.1 cm³/mol. The van der Waals surface area contributed by atoms with E-state index in [2.05, 4.69) is 5.10 Å². The Kier molecular flexibility index (Phi) is 3.23. The average molecular weight is 255 g/mol. The van der Waals surface area contributed by atoms with Gasteiger partial charge in [-0.1, -0.05) is 0 Å². The number of aliphatic hydroxyl groups is 1. The van der Waals surface area contributed by atoms with Crippen LogP contribution in [0.4, 0.5) is 4.79 Å². The maximum atomic E-state index is 11.9. The molecule has 2 aliphatic rings. The van der Waals surface area contributed by atoms with Crippen LogP contribution < -0.4 is 0 Å². The number of rotatable bonds is 0. The second-order valence-electron chi connectivity index (χ2n) is 5.88. The second kappa shape index (κ2) is 4.42. The molecule has 1 fully saturated rings. The number of aliphatic hydroxyl groups excluding tert-OH is 1. The zero-order valence-electron chi connectivity index (χ0n) is 11.4. The third-order valence-electron chi connectivity index (χ3n) is 3.17. The molecule has 6 heteroatoms. The molecule has 6 nitrogen and oxygen atoms in total. The van der Waals surface area contributed by atoms with E-state index in [4.69, 9.17) is 4.74 Å². The van der Waals surface area contributed by atoms with E-state index in [0.717, 1.165) is 12.1 Å². The van der Waals surface area contributed by atoms with E-state index in [-0.39, 0.29) is 12.0 Å². The fourth-order valence-electron chi connectivity index (χ4n) is 2.28. The molecular formula is C12H21N3O3. The zero-order valence-corrected chi connectivity index (χ0v) is 11.4. The van der Waals surface area contributed by atoms with Gasteiger partial charge in [-0.15, -0.1) is 0 Å². The molecule has 0 radical (unpaired) electrons. The maximum absolute atomic E-state index is 11.9. The summed E-state index contributed by atoms with van der Waals surface area (Å²) >= 11 is 0. The van der Waals surface area contributed by atoms with Crippen LogP contribution in [0, 0.1) is 5.92 Å². The number of hydrogen-bond donors (Lipinski definition) is 1. The van der Waals surface area contributed by atoms with Gasteiger partial charge in [0, 0.05) is 19.5 Å². The van der Waals surface area contributed by atoms with Gasteiger partial charge in [-0.25, -0.2) is 4.79 Å². The summed E-state index contributed by atoms with van der Waals surface area (Å²) in [7, 11) is 1.74. The Morgan fingerprint density at radius 1 is 1.50 bits per heavy atom. The van der Waals surface area contributed by atoms with E-state index in [1.54, 1.807) is 17.0 Å². The van der Waals surface area contributed by atoms with E-state index < -0.39 is 11.8 Å². The number of piperidine rings is 1. The smallest absolute Gasteiger partial charge is 0.410 e. The Morgan fingerprint density at radius 2 is 2.17 bits per heavy atom. The van der Waals surface area contributed by atoms with Gasteiger partial charge in [-0.2, -0.15) is 5.10 Å². The normalized spacial score (nSPS) is 27.9. The van der Waals surface area contributed by atoms with Crippen LogP contribution in [0.3, 0.4) is 0 Å². The summed E-state index contributed by atoms with van der Waals surface area (Å²) in [5.74, 6) is 0.0497. The molecule has 1 N–H and O–H groups in total. The van der Waals surface area contributed by atoms with Crippen molar-refractivity contribution in [1.82, 2.24) is 9.91 Å². The van der Waals surface area contributed by atoms with Crippen molar-refractivity contribution < 1.29 is 14.6 Å². The molecule has 2 atom stereocenters. The number of fused-ring (bicyclic) bond motifs is 1. The minimum absolute atomic E-state index is 0.0497. The highest BCUT2D eigenvalue weighted by Gasteiger charge is 2.39. The van der Waals surface area contributed by atoms with Gasteiger partial charge in [-0.05, 0) is 27.2 Å². The van der Waals surface area contributed by atoms with E-state index >= 15 is 0 Å². The molecule has 2 heterocycles. The van der Waals surface area contributed by atoms with Crippen molar-refractivity contribution in [3.05, 3.63) is 0 Å². The van der Waals surface area contributed by atoms with Crippen molar-refractivity contribution in [1.29, 1.82) is 0 Å². The molecule has 0 bridgehead atoms. The van der Waals surface area contributed by atoms with Crippen molar-refractivity contribution in [3.8, 4) is 0 Å². The lowest BCUT2D eigenvalue weighted by atomic mass is 9.94. The van der Waals surface area contributed by atoms with Gasteiger partial charge in [0.1, 0.15) is 11.8 Å². The summed E-state index contributed by atoms with van der Waals surface area (Å²) in [6.07, 6.45) is -0.141. The molecule has 2 unspecified atom stereocenters. The highest BCUT2D eigenvalue weighted by atomic mass is 16.6. The zero-order chi connectivity index (χ0) is 13.5. The Bertz CT molecular complexity index is 375. The van der Waals surface area contributed by atoms with Crippen LogP contribution in [0.1, 0.15) is 27.2 Å². The molecule has 0 aromatic heterocycles. The summed E-state index contributed by atoms with van der Waals surface area (Å²) < 4.78 is 5.34. The van der Waals surface area contributed by atoms with Crippen molar-refractivity contribution in [2.45, 2.75) is 39.0 Å². The first-order valence-electron chi connectivity index (χ1n) is 6.24. The Morgan fingerprint density at radius 3 is 2.78 bits per heavy atom. The second-order valence-corrected chi connectivity index (χ2v) is 5.88. The summed E-state index contributed by atoms with van der Waals surface area (Å²) in [5, 5.41) is 15.7. The Hall–Kier alpha value is -1.30. The standard InChI is InChI=1S/C12H21N3O3/c1-12(2,3)18-11(17)15-6-5-8-9(7-15)13-14(4)10(8)16/h8,10,16H,5-7H2,1-4H3. The molecule has 1 amide bonds. The number of nitrogens with zero attached hydrogens (tertiary/aromatic N) is 3. The topological polar surface area (TPSA) is 65.4 Å². The lowest BCUT2D eigenvalue weighted by molar-refractivity contribution is 0.00207. The van der Waals surface area contributed by atoms with Crippen molar-refractivity contribution in [3.63, 3.8) is 0 Å².